The van der Waals surface area contributed by atoms with E-state index in [2.05, 4.69) is 21.2 Å². The Kier molecular flexibility index (Phi) is 11.8. The summed E-state index contributed by atoms with van der Waals surface area (Å²) in [5.41, 5.74) is 1.87. The minimum Gasteiger partial charge on any atom is -0.492 e. The van der Waals surface area contributed by atoms with Crippen molar-refractivity contribution in [1.82, 2.24) is 10.2 Å². The summed E-state index contributed by atoms with van der Waals surface area (Å²) in [7, 11) is -4.23. The zero-order valence-electron chi connectivity index (χ0n) is 25.6. The van der Waals surface area contributed by atoms with Gasteiger partial charge in [0.1, 0.15) is 18.3 Å². The number of ether oxygens (including phenoxy) is 1. The highest BCUT2D eigenvalue weighted by atomic mass is 79.9. The van der Waals surface area contributed by atoms with Gasteiger partial charge in [-0.05, 0) is 68.3 Å². The van der Waals surface area contributed by atoms with Crippen LogP contribution in [0, 0.1) is 0 Å². The lowest BCUT2D eigenvalue weighted by molar-refractivity contribution is -0.140. The molecule has 0 radical (unpaired) electrons. The highest BCUT2D eigenvalue weighted by molar-refractivity contribution is 9.10. The molecule has 0 saturated carbocycles. The van der Waals surface area contributed by atoms with Crippen LogP contribution in [0.15, 0.2) is 119 Å². The predicted octanol–water partition coefficient (Wildman–Crippen LogP) is 6.21. The molecule has 2 amide bonds. The fourth-order valence-electron chi connectivity index (χ4n) is 4.94. The van der Waals surface area contributed by atoms with Crippen LogP contribution in [0.1, 0.15) is 31.9 Å². The van der Waals surface area contributed by atoms with Crippen molar-refractivity contribution in [3.05, 3.63) is 125 Å². The molecule has 4 rings (SSSR count). The van der Waals surface area contributed by atoms with Gasteiger partial charge in [-0.25, -0.2) is 8.42 Å². The van der Waals surface area contributed by atoms with E-state index in [1.165, 1.54) is 17.0 Å². The van der Waals surface area contributed by atoms with Crippen LogP contribution in [0.4, 0.5) is 5.69 Å². The minimum atomic E-state index is -4.23. The third-order valence-corrected chi connectivity index (χ3v) is 9.26. The van der Waals surface area contributed by atoms with Gasteiger partial charge in [0.15, 0.2) is 0 Å². The average molecular weight is 693 g/mol. The molecule has 0 fully saturated rings. The van der Waals surface area contributed by atoms with E-state index in [9.17, 15) is 18.0 Å². The molecule has 0 aliphatic rings. The third-order valence-electron chi connectivity index (χ3n) is 6.99. The first-order valence-electron chi connectivity index (χ1n) is 14.8. The topological polar surface area (TPSA) is 96.0 Å². The van der Waals surface area contributed by atoms with Gasteiger partial charge in [0.05, 0.1) is 17.2 Å². The smallest absolute Gasteiger partial charge is 0.264 e. The number of hydrogen-bond acceptors (Lipinski definition) is 5. The molecule has 0 aromatic heterocycles. The van der Waals surface area contributed by atoms with Crippen molar-refractivity contribution in [2.75, 3.05) is 17.5 Å². The Labute approximate surface area is 274 Å². The number of amides is 2. The Morgan fingerprint density at radius 1 is 0.844 bits per heavy atom. The van der Waals surface area contributed by atoms with Crippen molar-refractivity contribution in [2.45, 2.75) is 50.7 Å². The van der Waals surface area contributed by atoms with E-state index in [1.54, 1.807) is 49.4 Å². The predicted molar refractivity (Wildman–Crippen MR) is 180 cm³/mol. The first kappa shape index (κ1) is 33.7. The summed E-state index contributed by atoms with van der Waals surface area (Å²) in [4.78, 5) is 29.9. The number of halogens is 1. The van der Waals surface area contributed by atoms with Crippen molar-refractivity contribution >= 4 is 43.5 Å². The molecule has 1 N–H and O–H groups in total. The molecular weight excluding hydrogens is 654 g/mol. The lowest BCUT2D eigenvalue weighted by Crippen LogP contribution is -2.54. The minimum absolute atomic E-state index is 0.0287. The Bertz CT molecular complexity index is 1680. The van der Waals surface area contributed by atoms with Crippen molar-refractivity contribution in [3.63, 3.8) is 0 Å². The van der Waals surface area contributed by atoms with Crippen LogP contribution in [0.3, 0.4) is 0 Å². The largest absolute Gasteiger partial charge is 0.492 e. The van der Waals surface area contributed by atoms with E-state index in [0.717, 1.165) is 19.9 Å². The van der Waals surface area contributed by atoms with E-state index < -0.39 is 28.5 Å². The zero-order chi connectivity index (χ0) is 32.4. The molecule has 4 aromatic carbocycles. The van der Waals surface area contributed by atoms with Crippen molar-refractivity contribution < 1.29 is 22.7 Å². The molecule has 45 heavy (non-hydrogen) atoms. The maximum Gasteiger partial charge on any atom is 0.264 e. The quantitative estimate of drug-likeness (QED) is 0.170. The van der Waals surface area contributed by atoms with Crippen LogP contribution in [-0.4, -0.2) is 50.4 Å². The van der Waals surface area contributed by atoms with Crippen LogP contribution in [0.5, 0.6) is 5.75 Å². The van der Waals surface area contributed by atoms with Crippen LogP contribution >= 0.6 is 15.9 Å². The fraction of sp³-hybridized carbons (Fsp3) is 0.257. The second-order valence-electron chi connectivity index (χ2n) is 10.7. The standard InChI is InChI=1S/C35H38BrN3O5S/c1-4-44-33-21-12-11-20-31(33)39(45(42,43)30-18-9-6-10-19-30)25-34(40)38(24-28-16-13-17-29(36)22-28)32(35(41)37-26(2)3)23-27-14-7-5-8-15-27/h5-22,26,32H,4,23-25H2,1-3H3,(H,37,41)/t32-/m1/s1. The van der Waals surface area contributed by atoms with E-state index in [4.69, 9.17) is 4.74 Å². The number of anilines is 1. The fourth-order valence-corrected chi connectivity index (χ4v) is 6.83. The molecule has 236 valence electrons. The van der Waals surface area contributed by atoms with E-state index in [0.29, 0.717) is 12.4 Å². The SMILES string of the molecule is CCOc1ccccc1N(CC(=O)N(Cc1cccc(Br)c1)[C@H](Cc1ccccc1)C(=O)NC(C)C)S(=O)(=O)c1ccccc1. The van der Waals surface area contributed by atoms with Gasteiger partial charge >= 0.3 is 0 Å². The molecule has 4 aromatic rings. The normalized spacial score (nSPS) is 11.9. The molecule has 0 aliphatic carbocycles. The third kappa shape index (κ3) is 8.95. The highest BCUT2D eigenvalue weighted by Gasteiger charge is 2.35. The van der Waals surface area contributed by atoms with Gasteiger partial charge in [-0.2, -0.15) is 0 Å². The van der Waals surface area contributed by atoms with Crippen molar-refractivity contribution in [1.29, 1.82) is 0 Å². The summed E-state index contributed by atoms with van der Waals surface area (Å²) in [6.07, 6.45) is 0.236. The monoisotopic (exact) mass is 691 g/mol. The average Bonchev–Trinajstić information content (AvgIpc) is 3.02. The van der Waals surface area contributed by atoms with E-state index >= 15 is 0 Å². The molecule has 0 bridgehead atoms. The summed E-state index contributed by atoms with van der Waals surface area (Å²) >= 11 is 3.50. The van der Waals surface area contributed by atoms with Gasteiger partial charge in [-0.1, -0.05) is 88.7 Å². The summed E-state index contributed by atoms with van der Waals surface area (Å²) in [6, 6.07) is 30.5. The molecule has 8 nitrogen and oxygen atoms in total. The summed E-state index contributed by atoms with van der Waals surface area (Å²) in [6.45, 7) is 5.34. The number of hydrogen-bond donors (Lipinski definition) is 1. The Balaban J connectivity index is 1.83. The highest BCUT2D eigenvalue weighted by Crippen LogP contribution is 2.33. The number of nitrogens with one attached hydrogen (secondary N) is 1. The number of nitrogens with zero attached hydrogens (tertiary/aromatic N) is 2. The number of sulfonamides is 1. The molecule has 0 unspecified atom stereocenters. The maximum absolute atomic E-state index is 14.6. The van der Waals surface area contributed by atoms with E-state index in [-0.39, 0.29) is 35.5 Å². The summed E-state index contributed by atoms with van der Waals surface area (Å²) in [5.74, 6) is -0.547. The van der Waals surface area contributed by atoms with Crippen molar-refractivity contribution in [3.8, 4) is 5.75 Å². The Morgan fingerprint density at radius 3 is 2.11 bits per heavy atom. The van der Waals surface area contributed by atoms with Gasteiger partial charge in [-0.3, -0.25) is 13.9 Å². The summed E-state index contributed by atoms with van der Waals surface area (Å²) in [5, 5.41) is 2.97. The summed E-state index contributed by atoms with van der Waals surface area (Å²) < 4.78 is 36.1. The van der Waals surface area contributed by atoms with Crippen molar-refractivity contribution in [2.24, 2.45) is 0 Å². The Morgan fingerprint density at radius 2 is 1.47 bits per heavy atom. The second kappa shape index (κ2) is 15.7. The van der Waals surface area contributed by atoms with Crippen LogP contribution in [0.25, 0.3) is 0 Å². The molecule has 0 saturated heterocycles. The van der Waals surface area contributed by atoms with Gasteiger partial charge in [0.25, 0.3) is 10.0 Å². The van der Waals surface area contributed by atoms with E-state index in [1.807, 2.05) is 68.4 Å². The first-order valence-corrected chi connectivity index (χ1v) is 17.0. The van der Waals surface area contributed by atoms with Crippen LogP contribution < -0.4 is 14.4 Å². The number of benzene rings is 4. The zero-order valence-corrected chi connectivity index (χ0v) is 28.0. The van der Waals surface area contributed by atoms with Gasteiger partial charge in [0, 0.05) is 23.5 Å². The lowest BCUT2D eigenvalue weighted by Gasteiger charge is -2.34. The first-order chi connectivity index (χ1) is 21.6. The molecule has 0 spiro atoms. The molecule has 0 heterocycles. The number of rotatable bonds is 14. The molecule has 10 heteroatoms. The lowest BCUT2D eigenvalue weighted by atomic mass is 10.0. The Hall–Kier alpha value is -4.15. The number of carbonyl (C=O) groups is 2. The van der Waals surface area contributed by atoms with Crippen LogP contribution in [0.2, 0.25) is 0 Å². The van der Waals surface area contributed by atoms with Gasteiger partial charge in [0.2, 0.25) is 11.8 Å². The molecule has 0 aliphatic heterocycles. The maximum atomic E-state index is 14.6. The number of carbonyl (C=O) groups excluding carboxylic acids is 2. The van der Waals surface area contributed by atoms with Gasteiger partial charge in [-0.15, -0.1) is 0 Å². The molecular formula is C35H38BrN3O5S. The second-order valence-corrected chi connectivity index (χ2v) is 13.5. The van der Waals surface area contributed by atoms with Gasteiger partial charge < -0.3 is 15.0 Å². The number of para-hydroxylation sites is 2. The molecule has 1 atom stereocenters. The van der Waals surface area contributed by atoms with Crippen LogP contribution in [-0.2, 0) is 32.6 Å².